The van der Waals surface area contributed by atoms with E-state index >= 15 is 0 Å². The van der Waals surface area contributed by atoms with Crippen LogP contribution in [0.25, 0.3) is 0 Å². The lowest BCUT2D eigenvalue weighted by atomic mass is 10.2. The Morgan fingerprint density at radius 1 is 1.40 bits per heavy atom. The number of aromatic nitrogens is 3. The van der Waals surface area contributed by atoms with Gasteiger partial charge in [-0.3, -0.25) is 0 Å². The van der Waals surface area contributed by atoms with Gasteiger partial charge in [-0.25, -0.2) is 0 Å². The second-order valence-corrected chi connectivity index (χ2v) is 4.15. The Morgan fingerprint density at radius 2 is 2.20 bits per heavy atom. The van der Waals surface area contributed by atoms with E-state index in [2.05, 4.69) is 10.2 Å². The third-order valence-corrected chi connectivity index (χ3v) is 3.23. The molecule has 2 rings (SSSR count). The lowest BCUT2D eigenvalue weighted by molar-refractivity contribution is 0.788. The fourth-order valence-electron chi connectivity index (χ4n) is 1.24. The van der Waals surface area contributed by atoms with Gasteiger partial charge < -0.3 is 10.3 Å². The molecule has 78 valence electrons. The van der Waals surface area contributed by atoms with Crippen molar-refractivity contribution in [2.45, 2.75) is 16.6 Å². The number of hydrogen-bond acceptors (Lipinski definition) is 4. The number of nitrogens with zero attached hydrogens (tertiary/aromatic N) is 3. The number of rotatable bonds is 3. The minimum Gasteiger partial charge on any atom is -0.326 e. The van der Waals surface area contributed by atoms with Crippen molar-refractivity contribution in [3.63, 3.8) is 0 Å². The van der Waals surface area contributed by atoms with Crippen molar-refractivity contribution in [3.8, 4) is 0 Å². The Bertz CT molecular complexity index is 452. The van der Waals surface area contributed by atoms with Crippen LogP contribution in [-0.4, -0.2) is 14.8 Å². The lowest BCUT2D eigenvalue weighted by Gasteiger charge is -2.05. The number of benzene rings is 1. The van der Waals surface area contributed by atoms with E-state index in [0.29, 0.717) is 6.54 Å². The van der Waals surface area contributed by atoms with Crippen LogP contribution >= 0.6 is 11.8 Å². The molecule has 0 saturated heterocycles. The van der Waals surface area contributed by atoms with Gasteiger partial charge in [0, 0.05) is 18.5 Å². The van der Waals surface area contributed by atoms with E-state index in [-0.39, 0.29) is 0 Å². The summed E-state index contributed by atoms with van der Waals surface area (Å²) in [4.78, 5) is 1.14. The Kier molecular flexibility index (Phi) is 3.03. The molecule has 0 aliphatic carbocycles. The fourth-order valence-corrected chi connectivity index (χ4v) is 2.14. The van der Waals surface area contributed by atoms with Crippen molar-refractivity contribution >= 4 is 11.8 Å². The van der Waals surface area contributed by atoms with E-state index in [9.17, 15) is 0 Å². The highest BCUT2D eigenvalue weighted by Crippen LogP contribution is 2.27. The molecule has 0 atom stereocenters. The highest BCUT2D eigenvalue weighted by Gasteiger charge is 2.06. The molecular weight excluding hydrogens is 208 g/mol. The Balaban J connectivity index is 2.28. The van der Waals surface area contributed by atoms with Crippen LogP contribution in [0.2, 0.25) is 0 Å². The van der Waals surface area contributed by atoms with Crippen LogP contribution in [0.15, 0.2) is 40.6 Å². The molecular formula is C10H12N4S. The molecule has 1 aromatic carbocycles. The molecule has 5 heteroatoms. The SMILES string of the molecule is Cn1cnnc1Sc1ccccc1CN. The van der Waals surface area contributed by atoms with Crippen LogP contribution in [0.5, 0.6) is 0 Å². The smallest absolute Gasteiger partial charge is 0.195 e. The van der Waals surface area contributed by atoms with E-state index in [0.717, 1.165) is 15.6 Å². The van der Waals surface area contributed by atoms with Gasteiger partial charge in [-0.05, 0) is 23.4 Å². The summed E-state index contributed by atoms with van der Waals surface area (Å²) in [5.74, 6) is 0. The van der Waals surface area contributed by atoms with Crippen molar-refractivity contribution in [1.29, 1.82) is 0 Å². The molecule has 0 amide bonds. The van der Waals surface area contributed by atoms with E-state index in [4.69, 9.17) is 5.73 Å². The molecule has 4 nitrogen and oxygen atoms in total. The van der Waals surface area contributed by atoms with Crippen LogP contribution < -0.4 is 5.73 Å². The zero-order valence-corrected chi connectivity index (χ0v) is 9.24. The van der Waals surface area contributed by atoms with Crippen molar-refractivity contribution in [1.82, 2.24) is 14.8 Å². The summed E-state index contributed by atoms with van der Waals surface area (Å²) in [5.41, 5.74) is 6.79. The second-order valence-electron chi connectivity index (χ2n) is 3.14. The maximum absolute atomic E-state index is 5.66. The molecule has 0 aliphatic rings. The van der Waals surface area contributed by atoms with Crippen molar-refractivity contribution in [2.24, 2.45) is 12.8 Å². The van der Waals surface area contributed by atoms with E-state index < -0.39 is 0 Å². The maximum atomic E-state index is 5.66. The molecule has 0 fully saturated rings. The van der Waals surface area contributed by atoms with Gasteiger partial charge in [0.2, 0.25) is 0 Å². The monoisotopic (exact) mass is 220 g/mol. The molecule has 2 aromatic rings. The molecule has 0 radical (unpaired) electrons. The molecule has 1 aromatic heterocycles. The van der Waals surface area contributed by atoms with Crippen molar-refractivity contribution in [3.05, 3.63) is 36.2 Å². The lowest BCUT2D eigenvalue weighted by Crippen LogP contribution is -1.98. The zero-order valence-electron chi connectivity index (χ0n) is 8.42. The van der Waals surface area contributed by atoms with Crippen LogP contribution in [0, 0.1) is 0 Å². The maximum Gasteiger partial charge on any atom is 0.195 e. The van der Waals surface area contributed by atoms with Gasteiger partial charge in [-0.2, -0.15) is 0 Å². The first-order valence-corrected chi connectivity index (χ1v) is 5.42. The number of nitrogens with two attached hydrogens (primary N) is 1. The normalized spacial score (nSPS) is 10.5. The van der Waals surface area contributed by atoms with E-state index in [1.54, 1.807) is 18.1 Å². The molecule has 0 aliphatic heterocycles. The molecule has 1 heterocycles. The first kappa shape index (κ1) is 10.2. The highest BCUT2D eigenvalue weighted by molar-refractivity contribution is 7.99. The van der Waals surface area contributed by atoms with Crippen LogP contribution in [0.3, 0.4) is 0 Å². The fraction of sp³-hybridized carbons (Fsp3) is 0.200. The molecule has 0 unspecified atom stereocenters. The van der Waals surface area contributed by atoms with Gasteiger partial charge in [0.1, 0.15) is 6.33 Å². The quantitative estimate of drug-likeness (QED) is 0.850. The van der Waals surface area contributed by atoms with Crippen LogP contribution in [0.1, 0.15) is 5.56 Å². The summed E-state index contributed by atoms with van der Waals surface area (Å²) >= 11 is 1.58. The minimum atomic E-state index is 0.543. The number of aryl methyl sites for hydroxylation is 1. The summed E-state index contributed by atoms with van der Waals surface area (Å²) in [6.07, 6.45) is 1.69. The second kappa shape index (κ2) is 4.46. The summed E-state index contributed by atoms with van der Waals surface area (Å²) < 4.78 is 1.89. The third kappa shape index (κ3) is 2.19. The topological polar surface area (TPSA) is 56.7 Å². The first-order valence-electron chi connectivity index (χ1n) is 4.61. The van der Waals surface area contributed by atoms with Gasteiger partial charge in [0.15, 0.2) is 5.16 Å². The predicted octanol–water partition coefficient (Wildman–Crippen LogP) is 1.42. The summed E-state index contributed by atoms with van der Waals surface area (Å²) in [7, 11) is 1.92. The molecule has 0 bridgehead atoms. The van der Waals surface area contributed by atoms with Crippen molar-refractivity contribution < 1.29 is 0 Å². The predicted molar refractivity (Wildman–Crippen MR) is 59.5 cm³/mol. The van der Waals surface area contributed by atoms with Gasteiger partial charge in [-0.15, -0.1) is 10.2 Å². The number of hydrogen-bond donors (Lipinski definition) is 1. The Labute approximate surface area is 92.5 Å². The van der Waals surface area contributed by atoms with Crippen molar-refractivity contribution in [2.75, 3.05) is 0 Å². The van der Waals surface area contributed by atoms with Gasteiger partial charge in [0.05, 0.1) is 0 Å². The Morgan fingerprint density at radius 3 is 2.87 bits per heavy atom. The first-order chi connectivity index (χ1) is 7.31. The third-order valence-electron chi connectivity index (χ3n) is 2.06. The van der Waals surface area contributed by atoms with E-state index in [1.165, 1.54) is 0 Å². The summed E-state index contributed by atoms with van der Waals surface area (Å²) in [6.45, 7) is 0.543. The van der Waals surface area contributed by atoms with Crippen LogP contribution in [-0.2, 0) is 13.6 Å². The van der Waals surface area contributed by atoms with Gasteiger partial charge in [-0.1, -0.05) is 18.2 Å². The van der Waals surface area contributed by atoms with Crippen LogP contribution in [0.4, 0.5) is 0 Å². The molecule has 0 spiro atoms. The minimum absolute atomic E-state index is 0.543. The average molecular weight is 220 g/mol. The van der Waals surface area contributed by atoms with Gasteiger partial charge in [0.25, 0.3) is 0 Å². The average Bonchev–Trinajstić information content (AvgIpc) is 2.65. The molecule has 0 saturated carbocycles. The largest absolute Gasteiger partial charge is 0.326 e. The molecule has 2 N–H and O–H groups in total. The van der Waals surface area contributed by atoms with E-state index in [1.807, 2.05) is 35.9 Å². The van der Waals surface area contributed by atoms with Gasteiger partial charge >= 0.3 is 0 Å². The molecule has 15 heavy (non-hydrogen) atoms. The summed E-state index contributed by atoms with van der Waals surface area (Å²) in [6, 6.07) is 8.06. The highest BCUT2D eigenvalue weighted by atomic mass is 32.2. The zero-order chi connectivity index (χ0) is 10.7. The Hall–Kier alpha value is -1.33. The summed E-state index contributed by atoms with van der Waals surface area (Å²) in [5, 5.41) is 8.73. The standard InChI is InChI=1S/C10H12N4S/c1-14-7-12-13-10(14)15-9-5-3-2-4-8(9)6-11/h2-5,7H,6,11H2,1H3.